The van der Waals surface area contributed by atoms with E-state index in [1.807, 2.05) is 13.0 Å². The van der Waals surface area contributed by atoms with Crippen molar-refractivity contribution in [1.82, 2.24) is 0 Å². The van der Waals surface area contributed by atoms with Gasteiger partial charge >= 0.3 is 5.97 Å². The fourth-order valence-corrected chi connectivity index (χ4v) is 2.24. The third-order valence-electron chi connectivity index (χ3n) is 3.10. The third kappa shape index (κ3) is 3.22. The van der Waals surface area contributed by atoms with E-state index in [2.05, 4.69) is 11.0 Å². The molecule has 19 heavy (non-hydrogen) atoms. The number of carboxylic acid groups (broad SMARTS) is 1. The van der Waals surface area contributed by atoms with Gasteiger partial charge in [-0.25, -0.2) is 9.18 Å². The van der Waals surface area contributed by atoms with Crippen LogP contribution in [0.3, 0.4) is 0 Å². The Balaban J connectivity index is 2.37. The van der Waals surface area contributed by atoms with Gasteiger partial charge in [0.2, 0.25) is 0 Å². The number of hydrogen-bond acceptors (Lipinski definition) is 2. The molecule has 0 atom stereocenters. The number of anilines is 1. The Morgan fingerprint density at radius 2 is 2.26 bits per heavy atom. The van der Waals surface area contributed by atoms with Crippen molar-refractivity contribution in [2.75, 3.05) is 18.0 Å². The highest BCUT2D eigenvalue weighted by Gasteiger charge is 2.15. The molecule has 0 unspecified atom stereocenters. The quantitative estimate of drug-likeness (QED) is 0.671. The Morgan fingerprint density at radius 3 is 2.95 bits per heavy atom. The Labute approximate surface area is 111 Å². The predicted octanol–water partition coefficient (Wildman–Crippen LogP) is 3.08. The standard InChI is InChI=1S/C15H16FNO2/c1-11-4-3-9-17(10-11)14-6-2-5-13(16)12(14)7-8-15(18)19/h2,4-8H,3,9-10H2,1H3,(H,18,19)/b8-7+. The zero-order valence-corrected chi connectivity index (χ0v) is 10.8. The molecule has 0 radical (unpaired) electrons. The molecule has 1 aromatic rings. The van der Waals surface area contributed by atoms with Crippen LogP contribution in [0, 0.1) is 5.82 Å². The summed E-state index contributed by atoms with van der Waals surface area (Å²) >= 11 is 0. The molecule has 0 spiro atoms. The summed E-state index contributed by atoms with van der Waals surface area (Å²) in [6.07, 6.45) is 5.38. The highest BCUT2D eigenvalue weighted by Crippen LogP contribution is 2.27. The summed E-state index contributed by atoms with van der Waals surface area (Å²) in [4.78, 5) is 12.7. The molecule has 0 bridgehead atoms. The largest absolute Gasteiger partial charge is 0.478 e. The smallest absolute Gasteiger partial charge is 0.328 e. The molecule has 1 heterocycles. The van der Waals surface area contributed by atoms with E-state index in [0.29, 0.717) is 5.56 Å². The van der Waals surface area contributed by atoms with Gasteiger partial charge in [-0.3, -0.25) is 0 Å². The maximum Gasteiger partial charge on any atom is 0.328 e. The maximum absolute atomic E-state index is 13.9. The summed E-state index contributed by atoms with van der Waals surface area (Å²) in [6, 6.07) is 4.82. The normalized spacial score (nSPS) is 15.7. The van der Waals surface area contributed by atoms with Crippen molar-refractivity contribution in [1.29, 1.82) is 0 Å². The highest BCUT2D eigenvalue weighted by molar-refractivity contribution is 5.87. The van der Waals surface area contributed by atoms with E-state index in [9.17, 15) is 9.18 Å². The van der Waals surface area contributed by atoms with Crippen molar-refractivity contribution in [2.24, 2.45) is 0 Å². The fraction of sp³-hybridized carbons (Fsp3) is 0.267. The molecule has 0 saturated heterocycles. The van der Waals surface area contributed by atoms with E-state index in [0.717, 1.165) is 31.3 Å². The van der Waals surface area contributed by atoms with Crippen LogP contribution in [-0.2, 0) is 4.79 Å². The van der Waals surface area contributed by atoms with Crippen LogP contribution in [0.25, 0.3) is 6.08 Å². The number of halogens is 1. The third-order valence-corrected chi connectivity index (χ3v) is 3.10. The number of nitrogens with zero attached hydrogens (tertiary/aromatic N) is 1. The molecule has 1 aromatic carbocycles. The minimum Gasteiger partial charge on any atom is -0.478 e. The molecule has 0 amide bonds. The topological polar surface area (TPSA) is 40.5 Å². The van der Waals surface area contributed by atoms with Gasteiger partial charge in [-0.05, 0) is 31.6 Å². The zero-order valence-electron chi connectivity index (χ0n) is 10.8. The van der Waals surface area contributed by atoms with Crippen LogP contribution >= 0.6 is 0 Å². The lowest BCUT2D eigenvalue weighted by molar-refractivity contribution is -0.131. The van der Waals surface area contributed by atoms with Crippen LogP contribution in [0.5, 0.6) is 0 Å². The Kier molecular flexibility index (Phi) is 4.00. The number of hydrogen-bond donors (Lipinski definition) is 1. The number of carboxylic acids is 1. The van der Waals surface area contributed by atoms with Crippen LogP contribution in [0.1, 0.15) is 18.9 Å². The van der Waals surface area contributed by atoms with Crippen LogP contribution < -0.4 is 4.90 Å². The molecule has 1 aliphatic heterocycles. The zero-order chi connectivity index (χ0) is 13.8. The first-order valence-electron chi connectivity index (χ1n) is 6.18. The first-order chi connectivity index (χ1) is 9.08. The van der Waals surface area contributed by atoms with E-state index >= 15 is 0 Å². The van der Waals surface area contributed by atoms with E-state index in [1.54, 1.807) is 6.07 Å². The Morgan fingerprint density at radius 1 is 1.47 bits per heavy atom. The van der Waals surface area contributed by atoms with Crippen molar-refractivity contribution in [3.05, 3.63) is 47.3 Å². The molecule has 0 fully saturated rings. The van der Waals surface area contributed by atoms with E-state index in [1.165, 1.54) is 17.7 Å². The molecule has 2 rings (SSSR count). The molecule has 3 nitrogen and oxygen atoms in total. The SMILES string of the molecule is CC1=CCCN(c2cccc(F)c2/C=C/C(=O)O)C1. The van der Waals surface area contributed by atoms with Crippen LogP contribution in [0.2, 0.25) is 0 Å². The van der Waals surface area contributed by atoms with E-state index in [-0.39, 0.29) is 0 Å². The summed E-state index contributed by atoms with van der Waals surface area (Å²) < 4.78 is 13.9. The van der Waals surface area contributed by atoms with Crippen molar-refractivity contribution >= 4 is 17.7 Å². The second kappa shape index (κ2) is 5.69. The number of aliphatic carboxylic acids is 1. The van der Waals surface area contributed by atoms with Crippen LogP contribution in [-0.4, -0.2) is 24.2 Å². The minimum absolute atomic E-state index is 0.333. The van der Waals surface area contributed by atoms with E-state index in [4.69, 9.17) is 5.11 Å². The van der Waals surface area contributed by atoms with E-state index < -0.39 is 11.8 Å². The maximum atomic E-state index is 13.9. The van der Waals surface area contributed by atoms with Crippen molar-refractivity contribution in [2.45, 2.75) is 13.3 Å². The average Bonchev–Trinajstić information content (AvgIpc) is 2.37. The predicted molar refractivity (Wildman–Crippen MR) is 73.7 cm³/mol. The van der Waals surface area contributed by atoms with Crippen molar-refractivity contribution in [3.63, 3.8) is 0 Å². The van der Waals surface area contributed by atoms with Gasteiger partial charge in [0.05, 0.1) is 0 Å². The summed E-state index contributed by atoms with van der Waals surface area (Å²) in [5.74, 6) is -1.48. The second-order valence-electron chi connectivity index (χ2n) is 4.60. The van der Waals surface area contributed by atoms with Gasteiger partial charge in [-0.15, -0.1) is 0 Å². The summed E-state index contributed by atoms with van der Waals surface area (Å²) in [5, 5.41) is 8.68. The van der Waals surface area contributed by atoms with Gasteiger partial charge in [-0.1, -0.05) is 17.7 Å². The van der Waals surface area contributed by atoms with Crippen LogP contribution in [0.4, 0.5) is 10.1 Å². The lowest BCUT2D eigenvalue weighted by atomic mass is 10.1. The Hall–Kier alpha value is -2.10. The highest BCUT2D eigenvalue weighted by atomic mass is 19.1. The molecule has 0 aromatic heterocycles. The first kappa shape index (κ1) is 13.3. The second-order valence-corrected chi connectivity index (χ2v) is 4.60. The minimum atomic E-state index is -1.08. The monoisotopic (exact) mass is 261 g/mol. The van der Waals surface area contributed by atoms with Gasteiger partial charge < -0.3 is 10.0 Å². The van der Waals surface area contributed by atoms with Gasteiger partial charge in [0.25, 0.3) is 0 Å². The summed E-state index contributed by atoms with van der Waals surface area (Å²) in [5.41, 5.74) is 2.31. The van der Waals surface area contributed by atoms with Gasteiger partial charge in [0.15, 0.2) is 0 Å². The average molecular weight is 261 g/mol. The fourth-order valence-electron chi connectivity index (χ4n) is 2.24. The number of rotatable bonds is 3. The Bertz CT molecular complexity index is 549. The lowest BCUT2D eigenvalue weighted by Gasteiger charge is -2.29. The van der Waals surface area contributed by atoms with Gasteiger partial charge in [0.1, 0.15) is 5.82 Å². The molecular formula is C15H16FNO2. The molecule has 100 valence electrons. The summed E-state index contributed by atoms with van der Waals surface area (Å²) in [7, 11) is 0. The molecule has 4 heteroatoms. The molecular weight excluding hydrogens is 245 g/mol. The molecule has 0 aliphatic carbocycles. The molecule has 1 aliphatic rings. The number of benzene rings is 1. The number of carbonyl (C=O) groups is 1. The van der Waals surface area contributed by atoms with Crippen molar-refractivity contribution in [3.8, 4) is 0 Å². The van der Waals surface area contributed by atoms with Gasteiger partial charge in [0, 0.05) is 30.4 Å². The molecule has 0 saturated carbocycles. The van der Waals surface area contributed by atoms with Crippen LogP contribution in [0.15, 0.2) is 35.9 Å². The first-order valence-corrected chi connectivity index (χ1v) is 6.18. The lowest BCUT2D eigenvalue weighted by Crippen LogP contribution is -2.29. The summed E-state index contributed by atoms with van der Waals surface area (Å²) in [6.45, 7) is 3.60. The van der Waals surface area contributed by atoms with Crippen molar-refractivity contribution < 1.29 is 14.3 Å². The molecule has 1 N–H and O–H groups in total. The van der Waals surface area contributed by atoms with Gasteiger partial charge in [-0.2, -0.15) is 0 Å².